The fourth-order valence-corrected chi connectivity index (χ4v) is 2.17. The summed E-state index contributed by atoms with van der Waals surface area (Å²) in [4.78, 5) is 11.8. The Bertz CT molecular complexity index is 414. The van der Waals surface area contributed by atoms with E-state index in [0.717, 1.165) is 10.2 Å². The van der Waals surface area contributed by atoms with Crippen LogP contribution in [0.3, 0.4) is 0 Å². The van der Waals surface area contributed by atoms with Gasteiger partial charge in [-0.15, -0.1) is 11.8 Å². The molecule has 3 nitrogen and oxygen atoms in total. The largest absolute Gasteiger partial charge is 0.325 e. The van der Waals surface area contributed by atoms with Gasteiger partial charge in [-0.2, -0.15) is 5.26 Å². The molecule has 0 aliphatic rings. The van der Waals surface area contributed by atoms with Crippen LogP contribution in [-0.2, 0) is 4.79 Å². The maximum Gasteiger partial charge on any atom is 0.237 e. The van der Waals surface area contributed by atoms with Gasteiger partial charge < -0.3 is 5.32 Å². The molecule has 0 saturated carbocycles. The first-order valence-corrected chi connectivity index (χ1v) is 7.02. The normalized spacial score (nSPS) is 11.6. The second-order valence-electron chi connectivity index (χ2n) is 3.42. The van der Waals surface area contributed by atoms with Crippen LogP contribution in [0.2, 0.25) is 0 Å². The van der Waals surface area contributed by atoms with E-state index in [2.05, 4.69) is 27.3 Å². The maximum absolute atomic E-state index is 11.8. The van der Waals surface area contributed by atoms with Crippen molar-refractivity contribution in [3.63, 3.8) is 0 Å². The number of nitriles is 1. The number of carbonyl (C=O) groups is 1. The monoisotopic (exact) mass is 312 g/mol. The number of hydrogen-bond donors (Lipinski definition) is 1. The molecule has 17 heavy (non-hydrogen) atoms. The lowest BCUT2D eigenvalue weighted by Gasteiger charge is -2.11. The molecule has 1 aromatic carbocycles. The molecule has 5 heteroatoms. The third kappa shape index (κ3) is 5.24. The van der Waals surface area contributed by atoms with Gasteiger partial charge in [0.15, 0.2) is 0 Å². The van der Waals surface area contributed by atoms with E-state index in [9.17, 15) is 4.79 Å². The topological polar surface area (TPSA) is 52.9 Å². The smallest absolute Gasteiger partial charge is 0.237 e. The highest BCUT2D eigenvalue weighted by Gasteiger charge is 2.12. The highest BCUT2D eigenvalue weighted by Crippen LogP contribution is 2.17. The maximum atomic E-state index is 11.8. The van der Waals surface area contributed by atoms with Gasteiger partial charge in [-0.05, 0) is 31.2 Å². The molecular weight excluding hydrogens is 300 g/mol. The van der Waals surface area contributed by atoms with Crippen molar-refractivity contribution in [2.75, 3.05) is 11.1 Å². The molecule has 1 amide bonds. The number of nitrogens with zero attached hydrogens (tertiary/aromatic N) is 1. The Kier molecular flexibility index (Phi) is 6.09. The molecule has 1 N–H and O–H groups in total. The summed E-state index contributed by atoms with van der Waals surface area (Å²) in [6.07, 6.45) is 0.473. The number of rotatable bonds is 5. The highest BCUT2D eigenvalue weighted by atomic mass is 79.9. The van der Waals surface area contributed by atoms with Crippen LogP contribution >= 0.6 is 27.7 Å². The van der Waals surface area contributed by atoms with Gasteiger partial charge in [-0.25, -0.2) is 0 Å². The van der Waals surface area contributed by atoms with Crippen LogP contribution in [0, 0.1) is 11.3 Å². The molecule has 0 bridgehead atoms. The number of benzene rings is 1. The van der Waals surface area contributed by atoms with Crippen LogP contribution < -0.4 is 5.32 Å². The second-order valence-corrected chi connectivity index (χ2v) is 5.78. The summed E-state index contributed by atoms with van der Waals surface area (Å²) in [6.45, 7) is 1.84. The van der Waals surface area contributed by atoms with E-state index in [1.165, 1.54) is 11.8 Å². The van der Waals surface area contributed by atoms with Crippen molar-refractivity contribution in [2.24, 2.45) is 0 Å². The number of nitrogens with one attached hydrogen (secondary N) is 1. The lowest BCUT2D eigenvalue weighted by atomic mass is 10.3. The Morgan fingerprint density at radius 3 is 2.76 bits per heavy atom. The van der Waals surface area contributed by atoms with Gasteiger partial charge in [-0.1, -0.05) is 15.9 Å². The zero-order valence-corrected chi connectivity index (χ0v) is 11.8. The van der Waals surface area contributed by atoms with Crippen LogP contribution in [0.25, 0.3) is 0 Å². The van der Waals surface area contributed by atoms with Crippen molar-refractivity contribution in [2.45, 2.75) is 18.6 Å². The number of hydrogen-bond acceptors (Lipinski definition) is 3. The molecule has 0 aliphatic carbocycles. The minimum atomic E-state index is -0.146. The van der Waals surface area contributed by atoms with Gasteiger partial charge in [-0.3, -0.25) is 4.79 Å². The first-order valence-electron chi connectivity index (χ1n) is 5.18. The lowest BCUT2D eigenvalue weighted by Crippen LogP contribution is -2.22. The number of halogens is 1. The molecule has 1 rings (SSSR count). The number of thioether (sulfide) groups is 1. The van der Waals surface area contributed by atoms with Crippen LogP contribution in [0.5, 0.6) is 0 Å². The molecule has 1 aromatic rings. The predicted octanol–water partition coefficient (Wildman–Crippen LogP) is 3.42. The van der Waals surface area contributed by atoms with Crippen LogP contribution in [0.15, 0.2) is 28.7 Å². The Balaban J connectivity index is 2.43. The second kappa shape index (κ2) is 7.36. The molecular formula is C12H13BrN2OS. The van der Waals surface area contributed by atoms with E-state index in [1.54, 1.807) is 0 Å². The molecule has 1 atom stereocenters. The zero-order valence-electron chi connectivity index (χ0n) is 9.44. The van der Waals surface area contributed by atoms with Gasteiger partial charge in [0, 0.05) is 22.3 Å². The van der Waals surface area contributed by atoms with Crippen molar-refractivity contribution in [1.82, 2.24) is 0 Å². The minimum Gasteiger partial charge on any atom is -0.325 e. The van der Waals surface area contributed by atoms with E-state index in [-0.39, 0.29) is 11.2 Å². The molecule has 0 fully saturated rings. The quantitative estimate of drug-likeness (QED) is 0.847. The van der Waals surface area contributed by atoms with Crippen molar-refractivity contribution in [3.05, 3.63) is 28.7 Å². The minimum absolute atomic E-state index is 0.0322. The van der Waals surface area contributed by atoms with Gasteiger partial charge in [0.1, 0.15) is 0 Å². The Hall–Kier alpha value is -0.990. The standard InChI is InChI=1S/C12H13BrN2OS/c1-9(17-8-2-7-14)12(16)15-11-5-3-10(13)4-6-11/h3-6,9H,2,8H2,1H3,(H,15,16). The van der Waals surface area contributed by atoms with Crippen LogP contribution in [0.4, 0.5) is 5.69 Å². The van der Waals surface area contributed by atoms with Crippen molar-refractivity contribution < 1.29 is 4.79 Å². The fraction of sp³-hybridized carbons (Fsp3) is 0.333. The van der Waals surface area contributed by atoms with Gasteiger partial charge in [0.25, 0.3) is 0 Å². The van der Waals surface area contributed by atoms with E-state index in [4.69, 9.17) is 5.26 Å². The van der Waals surface area contributed by atoms with Crippen LogP contribution in [0.1, 0.15) is 13.3 Å². The number of anilines is 1. The molecule has 0 heterocycles. The van der Waals surface area contributed by atoms with E-state index in [1.807, 2.05) is 31.2 Å². The average molecular weight is 313 g/mol. The van der Waals surface area contributed by atoms with Gasteiger partial charge in [0.2, 0.25) is 5.91 Å². The summed E-state index contributed by atoms with van der Waals surface area (Å²) >= 11 is 4.82. The van der Waals surface area contributed by atoms with Crippen LogP contribution in [-0.4, -0.2) is 16.9 Å². The number of amides is 1. The van der Waals surface area contributed by atoms with E-state index in [0.29, 0.717) is 12.2 Å². The van der Waals surface area contributed by atoms with Gasteiger partial charge >= 0.3 is 0 Å². The molecule has 90 valence electrons. The molecule has 0 saturated heterocycles. The highest BCUT2D eigenvalue weighted by molar-refractivity contribution is 9.10. The van der Waals surface area contributed by atoms with E-state index < -0.39 is 0 Å². The lowest BCUT2D eigenvalue weighted by molar-refractivity contribution is -0.115. The summed E-state index contributed by atoms with van der Waals surface area (Å²) in [5, 5.41) is 11.1. The summed E-state index contributed by atoms with van der Waals surface area (Å²) in [6, 6.07) is 9.50. The molecule has 0 spiro atoms. The summed E-state index contributed by atoms with van der Waals surface area (Å²) < 4.78 is 0.979. The molecule has 1 unspecified atom stereocenters. The first-order chi connectivity index (χ1) is 8.13. The van der Waals surface area contributed by atoms with Crippen molar-refractivity contribution in [3.8, 4) is 6.07 Å². The number of carbonyl (C=O) groups excluding carboxylic acids is 1. The Morgan fingerprint density at radius 2 is 2.18 bits per heavy atom. The zero-order chi connectivity index (χ0) is 12.7. The van der Waals surface area contributed by atoms with Crippen molar-refractivity contribution in [1.29, 1.82) is 5.26 Å². The summed E-state index contributed by atoms with van der Waals surface area (Å²) in [7, 11) is 0. The fourth-order valence-electron chi connectivity index (χ4n) is 1.13. The molecule has 0 aliphatic heterocycles. The predicted molar refractivity (Wildman–Crippen MR) is 74.9 cm³/mol. The molecule has 0 aromatic heterocycles. The summed E-state index contributed by atoms with van der Waals surface area (Å²) in [5.41, 5.74) is 0.783. The Labute approximate surface area is 114 Å². The summed E-state index contributed by atoms with van der Waals surface area (Å²) in [5.74, 6) is 0.654. The third-order valence-corrected chi connectivity index (χ3v) is 3.75. The Morgan fingerprint density at radius 1 is 1.53 bits per heavy atom. The van der Waals surface area contributed by atoms with Crippen molar-refractivity contribution >= 4 is 39.3 Å². The average Bonchev–Trinajstić information content (AvgIpc) is 2.32. The van der Waals surface area contributed by atoms with Gasteiger partial charge in [0.05, 0.1) is 11.3 Å². The third-order valence-electron chi connectivity index (χ3n) is 2.06. The van der Waals surface area contributed by atoms with E-state index >= 15 is 0 Å². The SMILES string of the molecule is CC(SCCC#N)C(=O)Nc1ccc(Br)cc1. The first kappa shape index (κ1) is 14.1. The molecule has 0 radical (unpaired) electrons.